The molecule has 0 aromatic heterocycles. The van der Waals surface area contributed by atoms with E-state index in [0.717, 1.165) is 0 Å². The molecule has 7 nitrogen and oxygen atoms in total. The van der Waals surface area contributed by atoms with Gasteiger partial charge in [0.15, 0.2) is 0 Å². The quantitative estimate of drug-likeness (QED) is 0.779. The van der Waals surface area contributed by atoms with E-state index in [9.17, 15) is 14.4 Å². The number of amides is 4. The second kappa shape index (κ2) is 6.48. The summed E-state index contributed by atoms with van der Waals surface area (Å²) < 4.78 is 0. The highest BCUT2D eigenvalue weighted by Gasteiger charge is 2.44. The van der Waals surface area contributed by atoms with Crippen molar-refractivity contribution < 1.29 is 14.4 Å². The third-order valence-corrected chi connectivity index (χ3v) is 4.95. The second-order valence-corrected chi connectivity index (χ2v) is 7.09. The average Bonchev–Trinajstić information content (AvgIpc) is 2.79. The average molecular weight is 344 g/mol. The molecule has 134 valence electrons. The minimum absolute atomic E-state index is 0.0490. The Morgan fingerprint density at radius 1 is 1.24 bits per heavy atom. The van der Waals surface area contributed by atoms with Crippen LogP contribution in [0.5, 0.6) is 0 Å². The predicted molar refractivity (Wildman–Crippen MR) is 92.7 cm³/mol. The molecule has 2 aliphatic heterocycles. The van der Waals surface area contributed by atoms with Crippen molar-refractivity contribution >= 4 is 17.8 Å². The minimum atomic E-state index is -0.869. The SMILES string of the molecule is CNC(=O)C1Cc2ccccc2CN1CCN1C(=O)NC(C)(C)C1=O. The minimum Gasteiger partial charge on any atom is -0.358 e. The Morgan fingerprint density at radius 2 is 1.92 bits per heavy atom. The number of nitrogens with one attached hydrogen (secondary N) is 2. The number of nitrogens with zero attached hydrogens (tertiary/aromatic N) is 2. The fourth-order valence-electron chi connectivity index (χ4n) is 3.49. The molecule has 0 saturated carbocycles. The van der Waals surface area contributed by atoms with Crippen LogP contribution in [0.3, 0.4) is 0 Å². The Balaban J connectivity index is 1.75. The number of hydrogen-bond acceptors (Lipinski definition) is 4. The van der Waals surface area contributed by atoms with Gasteiger partial charge in [0.1, 0.15) is 5.54 Å². The van der Waals surface area contributed by atoms with Crippen molar-refractivity contribution in [3.8, 4) is 0 Å². The van der Waals surface area contributed by atoms with Gasteiger partial charge in [0.2, 0.25) is 5.91 Å². The van der Waals surface area contributed by atoms with Crippen molar-refractivity contribution in [1.82, 2.24) is 20.4 Å². The number of imide groups is 1. The van der Waals surface area contributed by atoms with Crippen molar-refractivity contribution in [3.63, 3.8) is 0 Å². The van der Waals surface area contributed by atoms with Crippen LogP contribution in [0, 0.1) is 0 Å². The molecule has 4 amide bonds. The Morgan fingerprint density at radius 3 is 2.52 bits per heavy atom. The van der Waals surface area contributed by atoms with Gasteiger partial charge in [0, 0.05) is 26.7 Å². The first kappa shape index (κ1) is 17.4. The highest BCUT2D eigenvalue weighted by atomic mass is 16.2. The summed E-state index contributed by atoms with van der Waals surface area (Å²) in [6.07, 6.45) is 0.626. The molecule has 1 saturated heterocycles. The number of hydrogen-bond donors (Lipinski definition) is 2. The fraction of sp³-hybridized carbons (Fsp3) is 0.500. The first-order valence-corrected chi connectivity index (χ1v) is 8.50. The number of carbonyl (C=O) groups is 3. The van der Waals surface area contributed by atoms with E-state index in [1.165, 1.54) is 16.0 Å². The van der Waals surface area contributed by atoms with Crippen molar-refractivity contribution in [2.24, 2.45) is 0 Å². The lowest BCUT2D eigenvalue weighted by Crippen LogP contribution is -2.52. The van der Waals surface area contributed by atoms with Crippen LogP contribution < -0.4 is 10.6 Å². The van der Waals surface area contributed by atoms with Gasteiger partial charge in [-0.05, 0) is 31.4 Å². The van der Waals surface area contributed by atoms with Crippen LogP contribution in [0.1, 0.15) is 25.0 Å². The number of rotatable bonds is 4. The lowest BCUT2D eigenvalue weighted by atomic mass is 9.93. The van der Waals surface area contributed by atoms with Gasteiger partial charge < -0.3 is 10.6 Å². The van der Waals surface area contributed by atoms with E-state index < -0.39 is 5.54 Å². The van der Waals surface area contributed by atoms with E-state index in [1.807, 2.05) is 23.1 Å². The molecule has 3 rings (SSSR count). The zero-order chi connectivity index (χ0) is 18.2. The standard InChI is InChI=1S/C18H24N4O3/c1-18(2)16(24)22(17(25)20-18)9-8-21-11-13-7-5-4-6-12(13)10-14(21)15(23)19-3/h4-7,14H,8-11H2,1-3H3,(H,19,23)(H,20,25). The van der Waals surface area contributed by atoms with Crippen molar-refractivity contribution in [3.05, 3.63) is 35.4 Å². The van der Waals surface area contributed by atoms with Gasteiger partial charge in [0.05, 0.1) is 6.04 Å². The highest BCUT2D eigenvalue weighted by molar-refractivity contribution is 6.06. The molecule has 25 heavy (non-hydrogen) atoms. The summed E-state index contributed by atoms with van der Waals surface area (Å²) in [6, 6.07) is 7.39. The number of fused-ring (bicyclic) bond motifs is 1. The van der Waals surface area contributed by atoms with Crippen molar-refractivity contribution in [1.29, 1.82) is 0 Å². The summed E-state index contributed by atoms with van der Waals surface area (Å²) in [6.45, 7) is 4.74. The smallest absolute Gasteiger partial charge is 0.325 e. The van der Waals surface area contributed by atoms with Crippen LogP contribution in [0.25, 0.3) is 0 Å². The first-order valence-electron chi connectivity index (χ1n) is 8.50. The summed E-state index contributed by atoms with van der Waals surface area (Å²) in [4.78, 5) is 39.9. The van der Waals surface area contributed by atoms with Crippen molar-refractivity contribution in [2.45, 2.75) is 38.4 Å². The van der Waals surface area contributed by atoms with Crippen LogP contribution >= 0.6 is 0 Å². The topological polar surface area (TPSA) is 81.8 Å². The van der Waals surface area contributed by atoms with Crippen molar-refractivity contribution in [2.75, 3.05) is 20.1 Å². The van der Waals surface area contributed by atoms with Gasteiger partial charge >= 0.3 is 6.03 Å². The molecule has 1 atom stereocenters. The van der Waals surface area contributed by atoms with Gasteiger partial charge in [-0.15, -0.1) is 0 Å². The zero-order valence-electron chi connectivity index (χ0n) is 14.8. The Bertz CT molecular complexity index is 716. The van der Waals surface area contributed by atoms with Gasteiger partial charge in [-0.3, -0.25) is 19.4 Å². The molecular weight excluding hydrogens is 320 g/mol. The van der Waals surface area contributed by atoms with E-state index >= 15 is 0 Å². The summed E-state index contributed by atoms with van der Waals surface area (Å²) in [5.41, 5.74) is 1.48. The molecule has 0 radical (unpaired) electrons. The maximum absolute atomic E-state index is 12.3. The molecule has 2 aliphatic rings. The fourth-order valence-corrected chi connectivity index (χ4v) is 3.49. The van der Waals surface area contributed by atoms with Crippen LogP contribution in [-0.4, -0.2) is 59.4 Å². The zero-order valence-corrected chi connectivity index (χ0v) is 14.8. The number of carbonyl (C=O) groups excluding carboxylic acids is 3. The van der Waals surface area contributed by atoms with E-state index in [1.54, 1.807) is 20.9 Å². The van der Waals surface area contributed by atoms with Crippen LogP contribution in [0.4, 0.5) is 4.79 Å². The third kappa shape index (κ3) is 3.24. The summed E-state index contributed by atoms with van der Waals surface area (Å²) in [7, 11) is 1.63. The number of likely N-dealkylation sites (N-methyl/N-ethyl adjacent to an activating group) is 1. The number of urea groups is 1. The van der Waals surface area contributed by atoms with Gasteiger partial charge in [-0.2, -0.15) is 0 Å². The first-order chi connectivity index (χ1) is 11.8. The molecule has 0 bridgehead atoms. The van der Waals surface area contributed by atoms with Gasteiger partial charge in [-0.25, -0.2) is 4.79 Å². The second-order valence-electron chi connectivity index (χ2n) is 7.09. The molecule has 2 heterocycles. The monoisotopic (exact) mass is 344 g/mol. The molecule has 0 spiro atoms. The normalized spacial score (nSPS) is 22.5. The van der Waals surface area contributed by atoms with E-state index in [2.05, 4.69) is 16.7 Å². The molecular formula is C18H24N4O3. The van der Waals surface area contributed by atoms with E-state index in [4.69, 9.17) is 0 Å². The van der Waals surface area contributed by atoms with Crippen LogP contribution in [-0.2, 0) is 22.6 Å². The molecule has 1 aromatic carbocycles. The number of benzene rings is 1. The van der Waals surface area contributed by atoms with Gasteiger partial charge in [-0.1, -0.05) is 24.3 Å². The Hall–Kier alpha value is -2.41. The molecule has 1 fully saturated rings. The largest absolute Gasteiger partial charge is 0.358 e. The van der Waals surface area contributed by atoms with Gasteiger partial charge in [0.25, 0.3) is 5.91 Å². The van der Waals surface area contributed by atoms with E-state index in [0.29, 0.717) is 19.5 Å². The molecule has 1 unspecified atom stereocenters. The highest BCUT2D eigenvalue weighted by Crippen LogP contribution is 2.24. The summed E-state index contributed by atoms with van der Waals surface area (Å²) >= 11 is 0. The van der Waals surface area contributed by atoms with Crippen LogP contribution in [0.2, 0.25) is 0 Å². The predicted octanol–water partition coefficient (Wildman–Crippen LogP) is 0.490. The molecule has 0 aliphatic carbocycles. The molecule has 1 aromatic rings. The lowest BCUT2D eigenvalue weighted by molar-refractivity contribution is -0.130. The maximum Gasteiger partial charge on any atom is 0.325 e. The molecule has 2 N–H and O–H groups in total. The lowest BCUT2D eigenvalue weighted by Gasteiger charge is -2.36. The maximum atomic E-state index is 12.3. The Kier molecular flexibility index (Phi) is 4.51. The van der Waals surface area contributed by atoms with Crippen LogP contribution in [0.15, 0.2) is 24.3 Å². The Labute approximate surface area is 147 Å². The third-order valence-electron chi connectivity index (χ3n) is 4.95. The summed E-state index contributed by atoms with van der Waals surface area (Å²) in [5, 5.41) is 5.39. The van der Waals surface area contributed by atoms with E-state index in [-0.39, 0.29) is 30.4 Å². The summed E-state index contributed by atoms with van der Waals surface area (Å²) in [5.74, 6) is -0.279. The molecule has 7 heteroatoms.